The molecule has 0 saturated carbocycles. The van der Waals surface area contributed by atoms with E-state index in [4.69, 9.17) is 0 Å². The van der Waals surface area contributed by atoms with Gasteiger partial charge in [0.25, 0.3) is 0 Å². The van der Waals surface area contributed by atoms with Crippen molar-refractivity contribution in [3.63, 3.8) is 0 Å². The summed E-state index contributed by atoms with van der Waals surface area (Å²) in [6, 6.07) is 27.8. The van der Waals surface area contributed by atoms with Gasteiger partial charge in [-0.3, -0.25) is 9.59 Å². The predicted octanol–water partition coefficient (Wildman–Crippen LogP) is 6.00. The molecule has 8 heteroatoms. The molecule has 0 aliphatic rings. The standard InChI is InChI=1S/C37H42N2O6/c1-36(26-4-12-30(40)13-5-26,27-6-14-31(41)15-7-27)22-20-34(44)38-24-3-25-39-35(45)21-23-37(2,28-8-16-32(42)17-9-28)29-10-18-33(43)19-11-29/h4-19,40-43H,3,20-25H2,1-2H3,(H,38,44)(H,39,45). The third kappa shape index (κ3) is 8.56. The van der Waals surface area contributed by atoms with Crippen LogP contribution in [-0.2, 0) is 20.4 Å². The Balaban J connectivity index is 1.25. The highest BCUT2D eigenvalue weighted by Gasteiger charge is 2.31. The molecular weight excluding hydrogens is 568 g/mol. The first-order valence-electron chi connectivity index (χ1n) is 15.2. The summed E-state index contributed by atoms with van der Waals surface area (Å²) in [5.74, 6) is 0.480. The first-order valence-corrected chi connectivity index (χ1v) is 15.2. The van der Waals surface area contributed by atoms with Crippen molar-refractivity contribution in [2.75, 3.05) is 13.1 Å². The molecular formula is C37H42N2O6. The molecule has 0 atom stereocenters. The minimum atomic E-state index is -0.512. The van der Waals surface area contributed by atoms with Crippen LogP contribution in [0.5, 0.6) is 23.0 Å². The summed E-state index contributed by atoms with van der Waals surface area (Å²) in [5, 5.41) is 44.9. The lowest BCUT2D eigenvalue weighted by Gasteiger charge is -2.31. The molecule has 2 amide bonds. The van der Waals surface area contributed by atoms with E-state index in [0.29, 0.717) is 32.4 Å². The number of phenols is 4. The molecule has 0 spiro atoms. The van der Waals surface area contributed by atoms with Crippen molar-refractivity contribution in [2.24, 2.45) is 0 Å². The molecule has 4 aromatic rings. The van der Waals surface area contributed by atoms with Crippen molar-refractivity contribution < 1.29 is 30.0 Å². The van der Waals surface area contributed by atoms with Crippen LogP contribution in [0.15, 0.2) is 97.1 Å². The lowest BCUT2D eigenvalue weighted by molar-refractivity contribution is -0.121. The molecule has 0 saturated heterocycles. The van der Waals surface area contributed by atoms with Crippen molar-refractivity contribution in [1.29, 1.82) is 0 Å². The summed E-state index contributed by atoms with van der Waals surface area (Å²) in [6.45, 7) is 4.94. The first kappa shape index (κ1) is 32.9. The largest absolute Gasteiger partial charge is 0.508 e. The zero-order chi connectivity index (χ0) is 32.5. The van der Waals surface area contributed by atoms with Crippen LogP contribution in [0.2, 0.25) is 0 Å². The van der Waals surface area contributed by atoms with Gasteiger partial charge in [0.2, 0.25) is 11.8 Å². The third-order valence-corrected chi connectivity index (χ3v) is 8.72. The lowest BCUT2D eigenvalue weighted by Crippen LogP contribution is -2.32. The number of carbonyl (C=O) groups is 2. The summed E-state index contributed by atoms with van der Waals surface area (Å²) < 4.78 is 0. The Labute approximate surface area is 264 Å². The molecule has 0 radical (unpaired) electrons. The highest BCUT2D eigenvalue weighted by Crippen LogP contribution is 2.39. The van der Waals surface area contributed by atoms with Gasteiger partial charge in [-0.25, -0.2) is 0 Å². The summed E-state index contributed by atoms with van der Waals surface area (Å²) >= 11 is 0. The van der Waals surface area contributed by atoms with Gasteiger partial charge >= 0.3 is 0 Å². The van der Waals surface area contributed by atoms with Crippen molar-refractivity contribution in [1.82, 2.24) is 10.6 Å². The van der Waals surface area contributed by atoms with E-state index in [1.165, 1.54) is 0 Å². The molecule has 0 unspecified atom stereocenters. The molecule has 4 rings (SSSR count). The predicted molar refractivity (Wildman–Crippen MR) is 174 cm³/mol. The highest BCUT2D eigenvalue weighted by molar-refractivity contribution is 5.77. The Hall–Kier alpha value is -4.98. The molecule has 0 aliphatic carbocycles. The van der Waals surface area contributed by atoms with E-state index >= 15 is 0 Å². The monoisotopic (exact) mass is 610 g/mol. The lowest BCUT2D eigenvalue weighted by atomic mass is 9.73. The maximum Gasteiger partial charge on any atom is 0.220 e. The second-order valence-electron chi connectivity index (χ2n) is 11.9. The molecule has 45 heavy (non-hydrogen) atoms. The van der Waals surface area contributed by atoms with Crippen LogP contribution in [0.4, 0.5) is 0 Å². The maximum atomic E-state index is 12.8. The zero-order valence-corrected chi connectivity index (χ0v) is 25.8. The minimum absolute atomic E-state index is 0.0938. The van der Waals surface area contributed by atoms with E-state index in [-0.39, 0.29) is 47.7 Å². The number of amides is 2. The van der Waals surface area contributed by atoms with Crippen molar-refractivity contribution >= 4 is 11.8 Å². The van der Waals surface area contributed by atoms with E-state index in [1.54, 1.807) is 48.5 Å². The van der Waals surface area contributed by atoms with Crippen LogP contribution in [0, 0.1) is 0 Å². The molecule has 0 fully saturated rings. The second kappa shape index (κ2) is 14.7. The molecule has 0 bridgehead atoms. The number of benzene rings is 4. The summed E-state index contributed by atoms with van der Waals surface area (Å²) in [6.07, 6.45) is 2.17. The van der Waals surface area contributed by atoms with E-state index in [0.717, 1.165) is 22.3 Å². The van der Waals surface area contributed by atoms with E-state index in [1.807, 2.05) is 62.4 Å². The smallest absolute Gasteiger partial charge is 0.220 e. The van der Waals surface area contributed by atoms with Crippen molar-refractivity contribution in [2.45, 2.75) is 56.8 Å². The Morgan fingerprint density at radius 3 is 0.978 bits per heavy atom. The Morgan fingerprint density at radius 2 is 0.733 bits per heavy atom. The molecule has 236 valence electrons. The number of hydrogen-bond donors (Lipinski definition) is 6. The molecule has 4 aromatic carbocycles. The number of nitrogens with one attached hydrogen (secondary N) is 2. The van der Waals surface area contributed by atoms with Gasteiger partial charge in [0, 0.05) is 36.8 Å². The average Bonchev–Trinajstić information content (AvgIpc) is 3.03. The molecule has 0 aromatic heterocycles. The summed E-state index contributed by atoms with van der Waals surface area (Å²) in [5.41, 5.74) is 2.78. The van der Waals surface area contributed by atoms with Crippen molar-refractivity contribution in [3.05, 3.63) is 119 Å². The van der Waals surface area contributed by atoms with Gasteiger partial charge in [-0.1, -0.05) is 62.4 Å². The highest BCUT2D eigenvalue weighted by atomic mass is 16.3. The minimum Gasteiger partial charge on any atom is -0.508 e. The number of carbonyl (C=O) groups excluding carboxylic acids is 2. The van der Waals surface area contributed by atoms with Crippen LogP contribution in [0.25, 0.3) is 0 Å². The summed E-state index contributed by atoms with van der Waals surface area (Å²) in [7, 11) is 0. The molecule has 0 heterocycles. The first-order chi connectivity index (χ1) is 21.5. The Kier molecular flexibility index (Phi) is 10.7. The quantitative estimate of drug-likeness (QED) is 0.0968. The van der Waals surface area contributed by atoms with Gasteiger partial charge in [-0.05, 0) is 90.0 Å². The van der Waals surface area contributed by atoms with Gasteiger partial charge in [-0.2, -0.15) is 0 Å². The third-order valence-electron chi connectivity index (χ3n) is 8.72. The fourth-order valence-electron chi connectivity index (χ4n) is 5.68. The van der Waals surface area contributed by atoms with E-state index in [9.17, 15) is 30.0 Å². The van der Waals surface area contributed by atoms with Crippen LogP contribution in [0.1, 0.15) is 68.2 Å². The van der Waals surface area contributed by atoms with Gasteiger partial charge in [-0.15, -0.1) is 0 Å². The molecule has 0 aliphatic heterocycles. The Morgan fingerprint density at radius 1 is 0.489 bits per heavy atom. The fourth-order valence-corrected chi connectivity index (χ4v) is 5.68. The normalized spacial score (nSPS) is 11.6. The van der Waals surface area contributed by atoms with Gasteiger partial charge < -0.3 is 31.1 Å². The number of aromatic hydroxyl groups is 4. The zero-order valence-electron chi connectivity index (χ0n) is 25.8. The number of hydrogen-bond acceptors (Lipinski definition) is 6. The van der Waals surface area contributed by atoms with Crippen molar-refractivity contribution in [3.8, 4) is 23.0 Å². The molecule has 8 nitrogen and oxygen atoms in total. The topological polar surface area (TPSA) is 139 Å². The van der Waals surface area contributed by atoms with E-state index < -0.39 is 10.8 Å². The average molecular weight is 611 g/mol. The van der Waals surface area contributed by atoms with Crippen LogP contribution in [-0.4, -0.2) is 45.3 Å². The van der Waals surface area contributed by atoms with Crippen LogP contribution in [0.3, 0.4) is 0 Å². The van der Waals surface area contributed by atoms with Gasteiger partial charge in [0.05, 0.1) is 0 Å². The number of phenolic OH excluding ortho intramolecular Hbond substituents is 4. The maximum absolute atomic E-state index is 12.8. The van der Waals surface area contributed by atoms with Crippen LogP contribution >= 0.6 is 0 Å². The SMILES string of the molecule is CC(CCC(=O)NCCCNC(=O)CCC(C)(c1ccc(O)cc1)c1ccc(O)cc1)(c1ccc(O)cc1)c1ccc(O)cc1. The Bertz CT molecular complexity index is 1340. The fraction of sp³-hybridized carbons (Fsp3) is 0.297. The van der Waals surface area contributed by atoms with E-state index in [2.05, 4.69) is 10.6 Å². The second-order valence-corrected chi connectivity index (χ2v) is 11.9. The van der Waals surface area contributed by atoms with Gasteiger partial charge in [0.1, 0.15) is 23.0 Å². The summed E-state index contributed by atoms with van der Waals surface area (Å²) in [4.78, 5) is 25.5. The van der Waals surface area contributed by atoms with Crippen LogP contribution < -0.4 is 10.6 Å². The number of rotatable bonds is 14. The molecule has 6 N–H and O–H groups in total. The van der Waals surface area contributed by atoms with Gasteiger partial charge in [0.15, 0.2) is 0 Å².